The van der Waals surface area contributed by atoms with E-state index in [4.69, 9.17) is 0 Å². The molecule has 0 amide bonds. The Morgan fingerprint density at radius 3 is 2.46 bits per heavy atom. The van der Waals surface area contributed by atoms with Crippen molar-refractivity contribution in [2.45, 2.75) is 6.18 Å². The van der Waals surface area contributed by atoms with Crippen molar-refractivity contribution in [3.63, 3.8) is 0 Å². The van der Waals surface area contributed by atoms with Gasteiger partial charge in [-0.2, -0.15) is 23.5 Å². The lowest BCUT2D eigenvalue weighted by Crippen LogP contribution is -2.09. The molecule has 130 valence electrons. The van der Waals surface area contributed by atoms with Crippen LogP contribution in [-0.2, 0) is 6.18 Å². The number of benzene rings is 2. The van der Waals surface area contributed by atoms with Crippen molar-refractivity contribution in [2.24, 2.45) is 5.10 Å². The van der Waals surface area contributed by atoms with Crippen LogP contribution in [0.1, 0.15) is 10.6 Å². The maximum Gasteiger partial charge on any atom is 0.418 e. The highest BCUT2D eigenvalue weighted by Gasteiger charge is 2.33. The third-order valence-electron chi connectivity index (χ3n) is 3.40. The van der Waals surface area contributed by atoms with Gasteiger partial charge in [0.2, 0.25) is 0 Å². The lowest BCUT2D eigenvalue weighted by atomic mass is 10.2. The van der Waals surface area contributed by atoms with Crippen LogP contribution in [0.4, 0.5) is 18.9 Å². The fourth-order valence-electron chi connectivity index (χ4n) is 2.19. The highest BCUT2D eigenvalue weighted by molar-refractivity contribution is 7.12. The van der Waals surface area contributed by atoms with Gasteiger partial charge in [0.05, 0.1) is 16.9 Å². The molecule has 0 bridgehead atoms. The van der Waals surface area contributed by atoms with Gasteiger partial charge in [-0.1, -0.05) is 42.5 Å². The number of para-hydroxylation sites is 1. The summed E-state index contributed by atoms with van der Waals surface area (Å²) >= 11 is 1.20. The first-order valence-corrected chi connectivity index (χ1v) is 8.28. The number of thiazole rings is 1. The minimum atomic E-state index is -4.52. The highest BCUT2D eigenvalue weighted by Crippen LogP contribution is 2.34. The molecule has 0 aliphatic rings. The van der Waals surface area contributed by atoms with Crippen LogP contribution < -0.4 is 5.43 Å². The number of hydrogen-bond donors (Lipinski definition) is 1. The molecular weight excluding hydrogens is 361 g/mol. The minimum Gasteiger partial charge on any atom is -0.277 e. The van der Waals surface area contributed by atoms with Gasteiger partial charge in [0, 0.05) is 10.9 Å². The summed E-state index contributed by atoms with van der Waals surface area (Å²) in [5, 5.41) is 15.2. The van der Waals surface area contributed by atoms with Crippen LogP contribution in [0.25, 0.3) is 11.3 Å². The van der Waals surface area contributed by atoms with Gasteiger partial charge in [0.15, 0.2) is 10.7 Å². The number of hydrogen-bond acceptors (Lipinski definition) is 5. The number of aromatic nitrogens is 1. The second-order valence-corrected chi connectivity index (χ2v) is 5.99. The quantitative estimate of drug-likeness (QED) is 0.508. The van der Waals surface area contributed by atoms with Gasteiger partial charge >= 0.3 is 6.18 Å². The number of nitrogens with one attached hydrogen (secondary N) is 1. The van der Waals surface area contributed by atoms with Gasteiger partial charge in [-0.15, -0.1) is 11.3 Å². The predicted molar refractivity (Wildman–Crippen MR) is 94.8 cm³/mol. The predicted octanol–water partition coefficient (Wildman–Crippen LogP) is 5.17. The summed E-state index contributed by atoms with van der Waals surface area (Å²) in [5.74, 6) is 0. The van der Waals surface area contributed by atoms with Gasteiger partial charge in [0.1, 0.15) is 6.07 Å². The molecule has 2 aromatic carbocycles. The Bertz CT molecular complexity index is 972. The van der Waals surface area contributed by atoms with Crippen molar-refractivity contribution >= 4 is 22.7 Å². The molecule has 26 heavy (non-hydrogen) atoms. The van der Waals surface area contributed by atoms with Crippen LogP contribution in [-0.4, -0.2) is 10.7 Å². The minimum absolute atomic E-state index is 0.0887. The Morgan fingerprint density at radius 1 is 1.08 bits per heavy atom. The Kier molecular flexibility index (Phi) is 5.00. The summed E-state index contributed by atoms with van der Waals surface area (Å²) < 4.78 is 39.0. The average Bonchev–Trinajstić information content (AvgIpc) is 3.12. The first kappa shape index (κ1) is 17.6. The topological polar surface area (TPSA) is 61.1 Å². The molecule has 0 saturated carbocycles. The van der Waals surface area contributed by atoms with Crippen molar-refractivity contribution in [1.29, 1.82) is 5.26 Å². The Hall–Kier alpha value is -3.18. The van der Waals surface area contributed by atoms with E-state index in [1.165, 1.54) is 29.5 Å². The first-order chi connectivity index (χ1) is 12.5. The molecule has 0 spiro atoms. The molecule has 0 fully saturated rings. The molecule has 1 aromatic heterocycles. The number of hydrazone groups is 1. The number of nitrogens with zero attached hydrogens (tertiary/aromatic N) is 3. The van der Waals surface area contributed by atoms with E-state index in [0.29, 0.717) is 10.7 Å². The van der Waals surface area contributed by atoms with Crippen molar-refractivity contribution in [1.82, 2.24) is 4.98 Å². The number of alkyl halides is 3. The Morgan fingerprint density at radius 2 is 1.77 bits per heavy atom. The zero-order chi connectivity index (χ0) is 18.6. The Labute approximate surface area is 151 Å². The van der Waals surface area contributed by atoms with Gasteiger partial charge in [-0.3, -0.25) is 5.43 Å². The van der Waals surface area contributed by atoms with E-state index < -0.39 is 11.7 Å². The SMILES string of the molecule is N#C/C(=N/Nc1ccccc1C(F)(F)F)c1nc(-c2ccccc2)cs1. The van der Waals surface area contributed by atoms with Crippen molar-refractivity contribution in [3.05, 3.63) is 70.5 Å². The fraction of sp³-hybridized carbons (Fsp3) is 0.0556. The summed E-state index contributed by atoms with van der Waals surface area (Å²) in [4.78, 5) is 4.34. The molecule has 8 heteroatoms. The number of halogens is 3. The third kappa shape index (κ3) is 3.90. The third-order valence-corrected chi connectivity index (χ3v) is 4.25. The fourth-order valence-corrected chi connectivity index (χ4v) is 2.95. The summed E-state index contributed by atoms with van der Waals surface area (Å²) in [6.07, 6.45) is -4.52. The van der Waals surface area contributed by atoms with E-state index in [9.17, 15) is 18.4 Å². The van der Waals surface area contributed by atoms with Crippen LogP contribution in [0.5, 0.6) is 0 Å². The van der Waals surface area contributed by atoms with E-state index >= 15 is 0 Å². The smallest absolute Gasteiger partial charge is 0.277 e. The number of rotatable bonds is 4. The molecule has 3 aromatic rings. The maximum absolute atomic E-state index is 13.0. The van der Waals surface area contributed by atoms with E-state index in [0.717, 1.165) is 11.6 Å². The molecule has 1 N–H and O–H groups in total. The molecule has 1 heterocycles. The average molecular weight is 372 g/mol. The van der Waals surface area contributed by atoms with E-state index in [-0.39, 0.29) is 11.4 Å². The molecule has 0 aliphatic heterocycles. The normalized spacial score (nSPS) is 11.8. The van der Waals surface area contributed by atoms with Gasteiger partial charge in [0.25, 0.3) is 0 Å². The molecular formula is C18H11F3N4S. The first-order valence-electron chi connectivity index (χ1n) is 7.40. The molecule has 0 saturated heterocycles. The second-order valence-electron chi connectivity index (χ2n) is 5.13. The van der Waals surface area contributed by atoms with Crippen LogP contribution in [0.15, 0.2) is 65.1 Å². The molecule has 0 radical (unpaired) electrons. The van der Waals surface area contributed by atoms with Gasteiger partial charge < -0.3 is 0 Å². The lowest BCUT2D eigenvalue weighted by molar-refractivity contribution is -0.136. The summed E-state index contributed by atoms with van der Waals surface area (Å²) in [6.45, 7) is 0. The molecule has 0 atom stereocenters. The highest BCUT2D eigenvalue weighted by atomic mass is 32.1. The summed E-state index contributed by atoms with van der Waals surface area (Å²) in [7, 11) is 0. The second kappa shape index (κ2) is 7.37. The number of anilines is 1. The van der Waals surface area contributed by atoms with Gasteiger partial charge in [-0.25, -0.2) is 4.98 Å². The van der Waals surface area contributed by atoms with Crippen LogP contribution in [0.2, 0.25) is 0 Å². The standard InChI is InChI=1S/C18H11F3N4S/c19-18(20,21)13-8-4-5-9-14(13)24-25-15(10-22)17-23-16(11-26-17)12-6-2-1-3-7-12/h1-9,11,24H/b25-15-. The zero-order valence-electron chi connectivity index (χ0n) is 13.2. The lowest BCUT2D eigenvalue weighted by Gasteiger charge is -2.11. The van der Waals surface area contributed by atoms with Crippen molar-refractivity contribution in [3.8, 4) is 17.3 Å². The maximum atomic E-state index is 13.0. The van der Waals surface area contributed by atoms with Crippen LogP contribution in [0, 0.1) is 11.3 Å². The van der Waals surface area contributed by atoms with Crippen LogP contribution in [0.3, 0.4) is 0 Å². The number of nitriles is 1. The summed E-state index contributed by atoms with van der Waals surface area (Å²) in [5.41, 5.74) is 2.70. The van der Waals surface area contributed by atoms with Crippen LogP contribution >= 0.6 is 11.3 Å². The zero-order valence-corrected chi connectivity index (χ0v) is 14.0. The van der Waals surface area contributed by atoms with Crippen molar-refractivity contribution < 1.29 is 13.2 Å². The van der Waals surface area contributed by atoms with E-state index in [1.807, 2.05) is 36.4 Å². The largest absolute Gasteiger partial charge is 0.418 e. The summed E-state index contributed by atoms with van der Waals surface area (Å²) in [6, 6.07) is 16.2. The van der Waals surface area contributed by atoms with Gasteiger partial charge in [-0.05, 0) is 12.1 Å². The van der Waals surface area contributed by atoms with E-state index in [2.05, 4.69) is 15.5 Å². The molecule has 0 unspecified atom stereocenters. The molecule has 4 nitrogen and oxygen atoms in total. The van der Waals surface area contributed by atoms with Crippen molar-refractivity contribution in [2.75, 3.05) is 5.43 Å². The molecule has 0 aliphatic carbocycles. The monoisotopic (exact) mass is 372 g/mol. The molecule has 3 rings (SSSR count). The Balaban J connectivity index is 1.87. The van der Waals surface area contributed by atoms with E-state index in [1.54, 1.807) is 5.38 Å².